The number of ether oxygens (including phenoxy) is 1. The molecule has 1 N–H and O–H groups in total. The molecule has 0 aromatic heterocycles. The number of morpholine rings is 1. The molecule has 7 nitrogen and oxygen atoms in total. The first kappa shape index (κ1) is 22.2. The highest BCUT2D eigenvalue weighted by Gasteiger charge is 2.36. The summed E-state index contributed by atoms with van der Waals surface area (Å²) in [6, 6.07) is 11.0. The van der Waals surface area contributed by atoms with Crippen LogP contribution in [0.15, 0.2) is 36.4 Å². The average Bonchev–Trinajstić information content (AvgIpc) is 3.08. The van der Waals surface area contributed by atoms with Crippen molar-refractivity contribution in [1.82, 2.24) is 10.3 Å². The topological polar surface area (TPSA) is 79.0 Å². The molecule has 1 fully saturated rings. The minimum absolute atomic E-state index is 0.147. The molecule has 0 aliphatic carbocycles. The molecule has 2 heterocycles. The third kappa shape index (κ3) is 3.82. The van der Waals surface area contributed by atoms with Gasteiger partial charge in [0.1, 0.15) is 0 Å². The quantitative estimate of drug-likeness (QED) is 0.725. The van der Waals surface area contributed by atoms with Gasteiger partial charge in [0.15, 0.2) is 0 Å². The number of nitrogens with one attached hydrogen (secondary N) is 1. The first-order chi connectivity index (χ1) is 15.3. The second-order valence-corrected chi connectivity index (χ2v) is 8.79. The summed E-state index contributed by atoms with van der Waals surface area (Å²) in [6.45, 7) is 10.6. The van der Waals surface area contributed by atoms with Crippen LogP contribution in [-0.2, 0) is 4.74 Å². The van der Waals surface area contributed by atoms with Crippen LogP contribution in [0.4, 0.5) is 5.69 Å². The van der Waals surface area contributed by atoms with E-state index in [2.05, 4.69) is 45.1 Å². The molecule has 0 unspecified atom stereocenters. The number of para-hydroxylation sites is 1. The number of anilines is 1. The molecular weight excluding hydrogens is 406 g/mol. The van der Waals surface area contributed by atoms with E-state index in [1.807, 2.05) is 11.1 Å². The van der Waals surface area contributed by atoms with Gasteiger partial charge in [-0.25, -0.2) is 10.0 Å². The molecular formula is C25H29N3O4. The zero-order valence-electron chi connectivity index (χ0n) is 19.0. The van der Waals surface area contributed by atoms with Crippen molar-refractivity contribution in [3.8, 4) is 0 Å². The molecule has 2 aromatic rings. The van der Waals surface area contributed by atoms with Crippen LogP contribution in [0.2, 0.25) is 0 Å². The lowest BCUT2D eigenvalue weighted by Gasteiger charge is -2.40. The van der Waals surface area contributed by atoms with E-state index in [9.17, 15) is 14.4 Å². The largest absolute Gasteiger partial charge is 0.379 e. The van der Waals surface area contributed by atoms with Crippen LogP contribution in [0.3, 0.4) is 0 Å². The van der Waals surface area contributed by atoms with Crippen molar-refractivity contribution in [1.29, 1.82) is 0 Å². The van der Waals surface area contributed by atoms with Gasteiger partial charge < -0.3 is 4.74 Å². The van der Waals surface area contributed by atoms with Gasteiger partial charge in [0.2, 0.25) is 0 Å². The molecule has 0 radical (unpaired) electrons. The fraction of sp³-hybridized carbons (Fsp3) is 0.400. The number of carbonyl (C=O) groups excluding carboxylic acids is 3. The number of rotatable bonds is 5. The van der Waals surface area contributed by atoms with E-state index in [-0.39, 0.29) is 34.4 Å². The van der Waals surface area contributed by atoms with E-state index in [1.54, 1.807) is 23.2 Å². The molecule has 3 amide bonds. The Hall–Kier alpha value is -3.03. The van der Waals surface area contributed by atoms with Gasteiger partial charge in [-0.15, -0.1) is 0 Å². The Labute approximate surface area is 188 Å². The third-order valence-corrected chi connectivity index (χ3v) is 6.01. The van der Waals surface area contributed by atoms with E-state index < -0.39 is 11.8 Å². The lowest BCUT2D eigenvalue weighted by molar-refractivity contribution is 0.0298. The predicted molar refractivity (Wildman–Crippen MR) is 122 cm³/mol. The summed E-state index contributed by atoms with van der Waals surface area (Å²) in [5.41, 5.74) is 3.59. The Morgan fingerprint density at radius 1 is 0.938 bits per heavy atom. The van der Waals surface area contributed by atoms with E-state index in [1.165, 1.54) is 0 Å². The highest BCUT2D eigenvalue weighted by Crippen LogP contribution is 2.38. The Morgan fingerprint density at radius 2 is 1.53 bits per heavy atom. The van der Waals surface area contributed by atoms with Gasteiger partial charge >= 0.3 is 0 Å². The van der Waals surface area contributed by atoms with Crippen molar-refractivity contribution < 1.29 is 19.1 Å². The highest BCUT2D eigenvalue weighted by molar-refractivity contribution is 6.26. The Balaban J connectivity index is 1.93. The standard InChI is InChI=1S/C25H29N3O4/c1-15(2)17-7-5-8-18(16(3)4)22(17)28(27-11-13-32-14-12-27)25(31)20-10-6-9-19-21(20)24(30)26-23(19)29/h5-10,15-16H,11-14H2,1-4H3,(H,26,29,30). The number of nitrogens with zero attached hydrogens (tertiary/aromatic N) is 2. The molecule has 4 rings (SSSR count). The van der Waals surface area contributed by atoms with Crippen LogP contribution in [-0.4, -0.2) is 49.0 Å². The maximum atomic E-state index is 14.2. The summed E-state index contributed by atoms with van der Waals surface area (Å²) in [7, 11) is 0. The monoisotopic (exact) mass is 435 g/mol. The molecule has 2 aliphatic rings. The molecule has 0 atom stereocenters. The van der Waals surface area contributed by atoms with Crippen LogP contribution in [0.25, 0.3) is 0 Å². The van der Waals surface area contributed by atoms with Gasteiger partial charge in [-0.3, -0.25) is 19.7 Å². The van der Waals surface area contributed by atoms with Crippen molar-refractivity contribution in [2.24, 2.45) is 0 Å². The van der Waals surface area contributed by atoms with E-state index >= 15 is 0 Å². The maximum absolute atomic E-state index is 14.2. The number of hydrazine groups is 1. The zero-order valence-corrected chi connectivity index (χ0v) is 19.0. The van der Waals surface area contributed by atoms with Crippen LogP contribution in [0.5, 0.6) is 0 Å². The first-order valence-corrected chi connectivity index (χ1v) is 11.1. The molecule has 7 heteroatoms. The second kappa shape index (κ2) is 8.84. The second-order valence-electron chi connectivity index (χ2n) is 8.79. The number of hydrogen-bond acceptors (Lipinski definition) is 5. The smallest absolute Gasteiger partial charge is 0.273 e. The van der Waals surface area contributed by atoms with Gasteiger partial charge in [0.05, 0.1) is 35.6 Å². The van der Waals surface area contributed by atoms with Gasteiger partial charge in [-0.1, -0.05) is 52.0 Å². The Kier molecular flexibility index (Phi) is 6.13. The van der Waals surface area contributed by atoms with Gasteiger partial charge in [-0.05, 0) is 35.1 Å². The van der Waals surface area contributed by atoms with Crippen molar-refractivity contribution in [2.75, 3.05) is 31.3 Å². The summed E-state index contributed by atoms with van der Waals surface area (Å²) < 4.78 is 5.54. The fourth-order valence-corrected chi connectivity index (χ4v) is 4.39. The number of amides is 3. The number of benzene rings is 2. The van der Waals surface area contributed by atoms with Crippen molar-refractivity contribution in [3.63, 3.8) is 0 Å². The minimum atomic E-state index is -0.530. The van der Waals surface area contributed by atoms with Crippen molar-refractivity contribution >= 4 is 23.4 Å². The molecule has 0 spiro atoms. The molecule has 0 bridgehead atoms. The number of hydrogen-bond donors (Lipinski definition) is 1. The summed E-state index contributed by atoms with van der Waals surface area (Å²) in [5.74, 6) is -0.943. The summed E-state index contributed by atoms with van der Waals surface area (Å²) in [6.07, 6.45) is 0. The lowest BCUT2D eigenvalue weighted by Crippen LogP contribution is -2.53. The molecule has 168 valence electrons. The number of imide groups is 1. The van der Waals surface area contributed by atoms with Crippen LogP contribution in [0, 0.1) is 0 Å². The van der Waals surface area contributed by atoms with E-state index in [4.69, 9.17) is 4.74 Å². The SMILES string of the molecule is CC(C)c1cccc(C(C)C)c1N(C(=O)c1cccc2c1C(=O)NC2=O)N1CCOCC1. The fourth-order valence-electron chi connectivity index (χ4n) is 4.39. The average molecular weight is 436 g/mol. The Bertz CT molecular complexity index is 1040. The normalized spacial score (nSPS) is 16.4. The molecule has 1 saturated heterocycles. The van der Waals surface area contributed by atoms with E-state index in [0.717, 1.165) is 16.8 Å². The van der Waals surface area contributed by atoms with Crippen molar-refractivity contribution in [2.45, 2.75) is 39.5 Å². The molecule has 32 heavy (non-hydrogen) atoms. The zero-order chi connectivity index (χ0) is 23.0. The summed E-state index contributed by atoms with van der Waals surface area (Å²) in [4.78, 5) is 38.9. The van der Waals surface area contributed by atoms with Crippen LogP contribution < -0.4 is 10.3 Å². The molecule has 2 aromatic carbocycles. The molecule has 0 saturated carbocycles. The van der Waals surface area contributed by atoms with Gasteiger partial charge in [0, 0.05) is 13.1 Å². The van der Waals surface area contributed by atoms with Gasteiger partial charge in [0.25, 0.3) is 17.7 Å². The first-order valence-electron chi connectivity index (χ1n) is 11.1. The predicted octanol–water partition coefficient (Wildman–Crippen LogP) is 3.71. The van der Waals surface area contributed by atoms with Gasteiger partial charge in [-0.2, -0.15) is 0 Å². The number of fused-ring (bicyclic) bond motifs is 1. The van der Waals surface area contributed by atoms with Crippen LogP contribution >= 0.6 is 0 Å². The van der Waals surface area contributed by atoms with Crippen molar-refractivity contribution in [3.05, 3.63) is 64.2 Å². The summed E-state index contributed by atoms with van der Waals surface area (Å²) >= 11 is 0. The molecule has 2 aliphatic heterocycles. The summed E-state index contributed by atoms with van der Waals surface area (Å²) in [5, 5.41) is 6.03. The Morgan fingerprint density at radius 3 is 2.12 bits per heavy atom. The minimum Gasteiger partial charge on any atom is -0.379 e. The van der Waals surface area contributed by atoms with E-state index in [0.29, 0.717) is 26.3 Å². The maximum Gasteiger partial charge on any atom is 0.273 e. The van der Waals surface area contributed by atoms with Crippen LogP contribution in [0.1, 0.15) is 81.7 Å². The number of carbonyl (C=O) groups is 3. The highest BCUT2D eigenvalue weighted by atomic mass is 16.5. The lowest BCUT2D eigenvalue weighted by atomic mass is 9.91. The third-order valence-electron chi connectivity index (χ3n) is 6.01.